The molecule has 1 saturated heterocycles. The van der Waals surface area contributed by atoms with E-state index in [0.717, 1.165) is 5.56 Å². The summed E-state index contributed by atoms with van der Waals surface area (Å²) in [5, 5.41) is 2.88. The topological polar surface area (TPSA) is 52.7 Å². The number of halogens is 2. The number of hydrogen-bond donors (Lipinski definition) is 1. The van der Waals surface area contributed by atoms with E-state index in [1.807, 2.05) is 19.1 Å². The molecule has 0 bridgehead atoms. The zero-order chi connectivity index (χ0) is 23.2. The smallest absolute Gasteiger partial charge is 0.308 e. The molecule has 3 amide bonds. The Morgan fingerprint density at radius 2 is 1.73 bits per heavy atom. The Bertz CT molecular complexity index is 1230. The number of rotatable bonds is 3. The maximum absolute atomic E-state index is 14.4. The second kappa shape index (κ2) is 8.19. The van der Waals surface area contributed by atoms with Gasteiger partial charge >= 0.3 is 6.03 Å². The molecule has 0 aromatic heterocycles. The van der Waals surface area contributed by atoms with Crippen molar-refractivity contribution in [1.82, 2.24) is 4.90 Å². The molecule has 2 aliphatic heterocycles. The summed E-state index contributed by atoms with van der Waals surface area (Å²) in [5.74, 6) is -1.25. The van der Waals surface area contributed by atoms with Gasteiger partial charge in [-0.1, -0.05) is 42.0 Å². The van der Waals surface area contributed by atoms with Crippen molar-refractivity contribution in [3.05, 3.63) is 95.1 Å². The van der Waals surface area contributed by atoms with Crippen molar-refractivity contribution in [2.45, 2.75) is 18.3 Å². The van der Waals surface area contributed by atoms with E-state index in [9.17, 15) is 18.4 Å². The fourth-order valence-corrected chi connectivity index (χ4v) is 5.86. The normalized spacial score (nSPS) is 19.3. The number of thioether (sulfide) groups is 1. The maximum atomic E-state index is 14.4. The first-order valence-corrected chi connectivity index (χ1v) is 11.5. The number of para-hydroxylation sites is 1. The first-order chi connectivity index (χ1) is 15.9. The third-order valence-corrected chi connectivity index (χ3v) is 7.45. The van der Waals surface area contributed by atoms with Gasteiger partial charge in [-0.2, -0.15) is 0 Å². The standard InChI is InChI=1S/C25H21F2N3O2S/c1-16-9-11-17(12-10-16)28-24(32)30-13-14-33-25(30)19-5-2-3-8-22(19)29(23(25)31)15-18-20(26)6-4-7-21(18)27/h2-12H,13-15H2,1H3,(H,28,32)/t25-/m0/s1. The Balaban J connectivity index is 1.52. The van der Waals surface area contributed by atoms with Crippen LogP contribution in [0.1, 0.15) is 16.7 Å². The number of aryl methyl sites for hydroxylation is 1. The van der Waals surface area contributed by atoms with E-state index in [1.54, 1.807) is 36.4 Å². The number of benzene rings is 3. The van der Waals surface area contributed by atoms with Gasteiger partial charge in [0, 0.05) is 29.1 Å². The molecule has 2 heterocycles. The molecular weight excluding hydrogens is 444 g/mol. The molecule has 2 aliphatic rings. The average Bonchev–Trinajstić information content (AvgIpc) is 3.35. The molecule has 0 aliphatic carbocycles. The summed E-state index contributed by atoms with van der Waals surface area (Å²) in [5.41, 5.74) is 2.70. The highest BCUT2D eigenvalue weighted by Gasteiger charge is 2.59. The molecule has 0 unspecified atom stereocenters. The molecule has 33 heavy (non-hydrogen) atoms. The molecule has 5 nitrogen and oxygen atoms in total. The number of carbonyl (C=O) groups excluding carboxylic acids is 2. The van der Waals surface area contributed by atoms with Gasteiger partial charge in [-0.25, -0.2) is 13.6 Å². The van der Waals surface area contributed by atoms with Crippen LogP contribution in [0.15, 0.2) is 66.7 Å². The van der Waals surface area contributed by atoms with Crippen molar-refractivity contribution in [3.63, 3.8) is 0 Å². The Morgan fingerprint density at radius 1 is 1.03 bits per heavy atom. The van der Waals surface area contributed by atoms with Crippen molar-refractivity contribution in [2.75, 3.05) is 22.5 Å². The van der Waals surface area contributed by atoms with Crippen LogP contribution in [0.4, 0.5) is 25.0 Å². The van der Waals surface area contributed by atoms with Crippen molar-refractivity contribution >= 4 is 35.1 Å². The van der Waals surface area contributed by atoms with E-state index in [0.29, 0.717) is 29.2 Å². The van der Waals surface area contributed by atoms with E-state index in [4.69, 9.17) is 0 Å². The van der Waals surface area contributed by atoms with Gasteiger partial charge in [-0.3, -0.25) is 9.69 Å². The Morgan fingerprint density at radius 3 is 2.45 bits per heavy atom. The number of nitrogens with one attached hydrogen (secondary N) is 1. The van der Waals surface area contributed by atoms with Gasteiger partial charge < -0.3 is 10.2 Å². The van der Waals surface area contributed by atoms with E-state index in [-0.39, 0.29) is 18.0 Å². The highest BCUT2D eigenvalue weighted by Crippen LogP contribution is 2.54. The van der Waals surface area contributed by atoms with Crippen LogP contribution >= 0.6 is 11.8 Å². The molecule has 3 aromatic rings. The molecule has 8 heteroatoms. The second-order valence-corrected chi connectivity index (χ2v) is 9.34. The van der Waals surface area contributed by atoms with Gasteiger partial charge in [-0.15, -0.1) is 11.8 Å². The Labute approximate surface area is 194 Å². The van der Waals surface area contributed by atoms with Crippen molar-refractivity contribution in [2.24, 2.45) is 0 Å². The predicted octanol–water partition coefficient (Wildman–Crippen LogP) is 5.25. The number of carbonyl (C=O) groups is 2. The summed E-state index contributed by atoms with van der Waals surface area (Å²) in [6, 6.07) is 17.8. The fraction of sp³-hybridized carbons (Fsp3) is 0.200. The van der Waals surface area contributed by atoms with Gasteiger partial charge in [0.05, 0.1) is 12.2 Å². The molecule has 1 fully saturated rings. The monoisotopic (exact) mass is 465 g/mol. The minimum absolute atomic E-state index is 0.184. The molecule has 1 atom stereocenters. The summed E-state index contributed by atoms with van der Waals surface area (Å²) < 4.78 is 28.8. The van der Waals surface area contributed by atoms with Gasteiger partial charge in [0.2, 0.25) is 0 Å². The van der Waals surface area contributed by atoms with E-state index in [1.165, 1.54) is 39.8 Å². The number of nitrogens with zero attached hydrogens (tertiary/aromatic N) is 2. The molecule has 168 valence electrons. The molecule has 5 rings (SSSR count). The lowest BCUT2D eigenvalue weighted by Gasteiger charge is -2.33. The van der Waals surface area contributed by atoms with Crippen LogP contribution in [0, 0.1) is 18.6 Å². The Hall–Kier alpha value is -3.39. The van der Waals surface area contributed by atoms with Crippen molar-refractivity contribution < 1.29 is 18.4 Å². The van der Waals surface area contributed by atoms with Gasteiger partial charge in [0.15, 0.2) is 4.87 Å². The summed E-state index contributed by atoms with van der Waals surface area (Å²) in [4.78, 5) is 28.8. The third kappa shape index (κ3) is 3.45. The lowest BCUT2D eigenvalue weighted by molar-refractivity contribution is -0.123. The quantitative estimate of drug-likeness (QED) is 0.575. The molecular formula is C25H21F2N3O2S. The average molecular weight is 466 g/mol. The number of amides is 3. The second-order valence-electron chi connectivity index (χ2n) is 8.05. The lowest BCUT2D eigenvalue weighted by atomic mass is 10.1. The van der Waals surface area contributed by atoms with Crippen LogP contribution in [0.2, 0.25) is 0 Å². The van der Waals surface area contributed by atoms with E-state index in [2.05, 4.69) is 5.32 Å². The van der Waals surface area contributed by atoms with Crippen LogP contribution in [0.25, 0.3) is 0 Å². The molecule has 0 radical (unpaired) electrons. The number of fused-ring (bicyclic) bond motifs is 2. The lowest BCUT2D eigenvalue weighted by Crippen LogP contribution is -2.51. The minimum Gasteiger partial charge on any atom is -0.308 e. The van der Waals surface area contributed by atoms with Crippen molar-refractivity contribution in [3.8, 4) is 0 Å². The highest BCUT2D eigenvalue weighted by molar-refractivity contribution is 8.01. The zero-order valence-electron chi connectivity index (χ0n) is 17.8. The summed E-state index contributed by atoms with van der Waals surface area (Å²) in [6.07, 6.45) is 0. The van der Waals surface area contributed by atoms with Crippen LogP contribution in [0.3, 0.4) is 0 Å². The molecule has 1 N–H and O–H groups in total. The van der Waals surface area contributed by atoms with Crippen LogP contribution in [0.5, 0.6) is 0 Å². The van der Waals surface area contributed by atoms with Crippen LogP contribution in [-0.4, -0.2) is 29.1 Å². The van der Waals surface area contributed by atoms with E-state index < -0.39 is 22.5 Å². The Kier molecular flexibility index (Phi) is 5.32. The van der Waals surface area contributed by atoms with Gasteiger partial charge in [0.25, 0.3) is 5.91 Å². The van der Waals surface area contributed by atoms with Crippen LogP contribution in [-0.2, 0) is 16.2 Å². The number of hydrogen-bond acceptors (Lipinski definition) is 3. The predicted molar refractivity (Wildman–Crippen MR) is 125 cm³/mol. The summed E-state index contributed by atoms with van der Waals surface area (Å²) in [7, 11) is 0. The first kappa shape index (κ1) is 21.5. The first-order valence-electron chi connectivity index (χ1n) is 10.6. The summed E-state index contributed by atoms with van der Waals surface area (Å²) in [6.45, 7) is 2.06. The van der Waals surface area contributed by atoms with Gasteiger partial charge in [0.1, 0.15) is 11.6 Å². The number of urea groups is 1. The number of anilines is 2. The van der Waals surface area contributed by atoms with Gasteiger partial charge in [-0.05, 0) is 37.3 Å². The molecule has 0 saturated carbocycles. The SMILES string of the molecule is Cc1ccc(NC(=O)N2CCS[C@@]23C(=O)N(Cc2c(F)cccc2F)c2ccccc23)cc1. The van der Waals surface area contributed by atoms with Crippen molar-refractivity contribution in [1.29, 1.82) is 0 Å². The fourth-order valence-electron chi connectivity index (χ4n) is 4.39. The van der Waals surface area contributed by atoms with Crippen LogP contribution < -0.4 is 10.2 Å². The zero-order valence-corrected chi connectivity index (χ0v) is 18.7. The maximum Gasteiger partial charge on any atom is 0.323 e. The minimum atomic E-state index is -1.28. The molecule has 3 aromatic carbocycles. The summed E-state index contributed by atoms with van der Waals surface area (Å²) >= 11 is 1.36. The third-order valence-electron chi connectivity index (χ3n) is 6.03. The largest absolute Gasteiger partial charge is 0.323 e. The molecule has 1 spiro atoms. The van der Waals surface area contributed by atoms with E-state index >= 15 is 0 Å². The highest BCUT2D eigenvalue weighted by atomic mass is 32.2.